The summed E-state index contributed by atoms with van der Waals surface area (Å²) in [4.78, 5) is 2.34. The highest BCUT2D eigenvalue weighted by Gasteiger charge is 2.30. The van der Waals surface area contributed by atoms with Gasteiger partial charge in [0, 0.05) is 42.9 Å². The van der Waals surface area contributed by atoms with E-state index < -0.39 is 11.6 Å². The second-order valence-electron chi connectivity index (χ2n) is 7.08. The average Bonchev–Trinajstić information content (AvgIpc) is 2.85. The van der Waals surface area contributed by atoms with Crippen LogP contribution in [0.3, 0.4) is 0 Å². The standard InChI is InChI=1S/C20H21ClF2N4OS/c1-10(24)29-20-14(22)3-2-13(18(20)25)16-15(23)6-11-8-27-5-4-26-7-12(27)9-28-19(11)17(16)21/h2-3,6,12,26H,1,4-5,7-9,24-25H2/t12-/m0/s1. The minimum atomic E-state index is -0.560. The van der Waals surface area contributed by atoms with Crippen LogP contribution in [-0.4, -0.2) is 37.2 Å². The third-order valence-electron chi connectivity index (χ3n) is 5.17. The molecule has 0 saturated carbocycles. The molecular formula is C20H21ClF2N4OS. The van der Waals surface area contributed by atoms with E-state index in [1.165, 1.54) is 18.2 Å². The van der Waals surface area contributed by atoms with Crippen molar-refractivity contribution in [1.82, 2.24) is 10.2 Å². The molecule has 2 aromatic carbocycles. The lowest BCUT2D eigenvalue weighted by Crippen LogP contribution is -2.52. The number of halogens is 3. The Labute approximate surface area is 177 Å². The third-order valence-corrected chi connectivity index (χ3v) is 6.41. The van der Waals surface area contributed by atoms with E-state index in [2.05, 4.69) is 16.8 Å². The number of nitrogens with zero attached hydrogens (tertiary/aromatic N) is 1. The molecular weight excluding hydrogens is 418 g/mol. The number of hydrogen-bond acceptors (Lipinski definition) is 6. The maximum atomic E-state index is 15.2. The van der Waals surface area contributed by atoms with Crippen molar-refractivity contribution in [2.24, 2.45) is 5.73 Å². The summed E-state index contributed by atoms with van der Waals surface area (Å²) in [5, 5.41) is 3.64. The van der Waals surface area contributed by atoms with E-state index in [4.69, 9.17) is 27.8 Å². The van der Waals surface area contributed by atoms with Crippen LogP contribution in [0.4, 0.5) is 14.5 Å². The van der Waals surface area contributed by atoms with Crippen molar-refractivity contribution < 1.29 is 13.5 Å². The molecule has 29 heavy (non-hydrogen) atoms. The largest absolute Gasteiger partial charge is 0.490 e. The van der Waals surface area contributed by atoms with Crippen LogP contribution in [0.25, 0.3) is 11.1 Å². The van der Waals surface area contributed by atoms with E-state index in [1.807, 2.05) is 0 Å². The predicted molar refractivity (Wildman–Crippen MR) is 113 cm³/mol. The number of anilines is 1. The molecule has 2 aromatic rings. The van der Waals surface area contributed by atoms with Crippen molar-refractivity contribution in [3.05, 3.63) is 52.0 Å². The number of hydrogen-bond donors (Lipinski definition) is 3. The fourth-order valence-corrected chi connectivity index (χ4v) is 4.79. The minimum absolute atomic E-state index is 0.0533. The molecule has 0 amide bonds. The molecule has 0 bridgehead atoms. The first-order valence-corrected chi connectivity index (χ1v) is 10.3. The molecule has 1 fully saturated rings. The Morgan fingerprint density at radius 2 is 2.14 bits per heavy atom. The molecule has 2 heterocycles. The van der Waals surface area contributed by atoms with E-state index in [0.717, 1.165) is 31.4 Å². The summed E-state index contributed by atoms with van der Waals surface area (Å²) in [5.41, 5.74) is 12.9. The SMILES string of the molecule is C=C(N)Sc1c(F)ccc(-c2c(F)cc3c(c2Cl)OC[C@@H]2CNCCN2C3)c1N. The van der Waals surface area contributed by atoms with Crippen LogP contribution in [0, 0.1) is 11.6 Å². The number of ether oxygens (including phenoxy) is 1. The van der Waals surface area contributed by atoms with Gasteiger partial charge in [0.15, 0.2) is 0 Å². The second kappa shape index (κ2) is 8.02. The van der Waals surface area contributed by atoms with Crippen LogP contribution < -0.4 is 21.5 Å². The lowest BCUT2D eigenvalue weighted by molar-refractivity contribution is 0.120. The molecule has 0 aromatic heterocycles. The van der Waals surface area contributed by atoms with Crippen molar-refractivity contribution in [1.29, 1.82) is 0 Å². The number of nitrogens with one attached hydrogen (secondary N) is 1. The lowest BCUT2D eigenvalue weighted by Gasteiger charge is -2.33. The van der Waals surface area contributed by atoms with Gasteiger partial charge in [-0.15, -0.1) is 0 Å². The summed E-state index contributed by atoms with van der Waals surface area (Å²) in [6, 6.07) is 4.24. The summed E-state index contributed by atoms with van der Waals surface area (Å²) in [7, 11) is 0. The summed E-state index contributed by atoms with van der Waals surface area (Å²) < 4.78 is 35.4. The van der Waals surface area contributed by atoms with Crippen LogP contribution in [0.1, 0.15) is 5.56 Å². The van der Waals surface area contributed by atoms with Crippen LogP contribution in [0.5, 0.6) is 5.75 Å². The van der Waals surface area contributed by atoms with Crippen molar-refractivity contribution >= 4 is 29.1 Å². The Morgan fingerprint density at radius 3 is 2.90 bits per heavy atom. The molecule has 0 unspecified atom stereocenters. The van der Waals surface area contributed by atoms with Crippen molar-refractivity contribution in [2.45, 2.75) is 17.5 Å². The van der Waals surface area contributed by atoms with Crippen molar-refractivity contribution in [3.8, 4) is 16.9 Å². The molecule has 2 aliphatic rings. The van der Waals surface area contributed by atoms with Crippen LogP contribution >= 0.6 is 23.4 Å². The van der Waals surface area contributed by atoms with Gasteiger partial charge in [-0.3, -0.25) is 4.90 Å². The number of benzene rings is 2. The molecule has 5 nitrogen and oxygen atoms in total. The molecule has 4 rings (SSSR count). The first-order valence-electron chi connectivity index (χ1n) is 9.15. The average molecular weight is 439 g/mol. The highest BCUT2D eigenvalue weighted by Crippen LogP contribution is 2.46. The van der Waals surface area contributed by atoms with E-state index >= 15 is 4.39 Å². The fourth-order valence-electron chi connectivity index (χ4n) is 3.77. The van der Waals surface area contributed by atoms with Gasteiger partial charge in [-0.1, -0.05) is 29.9 Å². The smallest absolute Gasteiger partial charge is 0.143 e. The van der Waals surface area contributed by atoms with Gasteiger partial charge in [0.25, 0.3) is 0 Å². The number of fused-ring (bicyclic) bond motifs is 2. The van der Waals surface area contributed by atoms with Crippen molar-refractivity contribution in [2.75, 3.05) is 32.0 Å². The lowest BCUT2D eigenvalue weighted by atomic mass is 10.00. The first-order chi connectivity index (χ1) is 13.9. The van der Waals surface area contributed by atoms with Gasteiger partial charge < -0.3 is 21.5 Å². The molecule has 1 saturated heterocycles. The summed E-state index contributed by atoms with van der Waals surface area (Å²) in [6.07, 6.45) is 0. The van der Waals surface area contributed by atoms with Gasteiger partial charge in [0.05, 0.1) is 26.7 Å². The van der Waals surface area contributed by atoms with Crippen LogP contribution in [0.2, 0.25) is 5.02 Å². The Kier molecular flexibility index (Phi) is 5.61. The quantitative estimate of drug-likeness (QED) is 0.502. The molecule has 154 valence electrons. The third kappa shape index (κ3) is 3.77. The molecule has 9 heteroatoms. The topological polar surface area (TPSA) is 76.5 Å². The first kappa shape index (κ1) is 20.3. The molecule has 0 radical (unpaired) electrons. The number of nitrogen functional groups attached to an aromatic ring is 1. The Morgan fingerprint density at radius 1 is 1.34 bits per heavy atom. The summed E-state index contributed by atoms with van der Waals surface area (Å²) in [5.74, 6) is -0.653. The van der Waals surface area contributed by atoms with E-state index in [-0.39, 0.29) is 37.8 Å². The highest BCUT2D eigenvalue weighted by molar-refractivity contribution is 8.03. The van der Waals surface area contributed by atoms with Crippen LogP contribution in [0.15, 0.2) is 34.7 Å². The Hall–Kier alpha value is -2.00. The zero-order valence-corrected chi connectivity index (χ0v) is 17.2. The number of thioether (sulfide) groups is 1. The molecule has 0 spiro atoms. The Bertz CT molecular complexity index is 988. The monoisotopic (exact) mass is 438 g/mol. The number of rotatable bonds is 3. The summed E-state index contributed by atoms with van der Waals surface area (Å²) in [6.45, 7) is 7.08. The van der Waals surface area contributed by atoms with Crippen molar-refractivity contribution in [3.63, 3.8) is 0 Å². The number of nitrogens with two attached hydrogens (primary N) is 2. The molecule has 1 atom stereocenters. The van der Waals surface area contributed by atoms with Gasteiger partial charge in [-0.25, -0.2) is 8.78 Å². The normalized spacial score (nSPS) is 19.1. The van der Waals surface area contributed by atoms with Gasteiger partial charge in [0.2, 0.25) is 0 Å². The molecule has 2 aliphatic heterocycles. The maximum absolute atomic E-state index is 15.2. The molecule has 0 aliphatic carbocycles. The summed E-state index contributed by atoms with van der Waals surface area (Å²) >= 11 is 7.50. The second-order valence-corrected chi connectivity index (χ2v) is 8.60. The Balaban J connectivity index is 1.81. The predicted octanol–water partition coefficient (Wildman–Crippen LogP) is 3.56. The highest BCUT2D eigenvalue weighted by atomic mass is 35.5. The molecule has 5 N–H and O–H groups in total. The van der Waals surface area contributed by atoms with Crippen LogP contribution in [-0.2, 0) is 6.54 Å². The minimum Gasteiger partial charge on any atom is -0.490 e. The maximum Gasteiger partial charge on any atom is 0.143 e. The number of piperazine rings is 1. The van der Waals surface area contributed by atoms with E-state index in [1.54, 1.807) is 0 Å². The zero-order valence-electron chi connectivity index (χ0n) is 15.6. The van der Waals surface area contributed by atoms with Gasteiger partial charge >= 0.3 is 0 Å². The van der Waals surface area contributed by atoms with Gasteiger partial charge in [-0.05, 0) is 18.2 Å². The van der Waals surface area contributed by atoms with Gasteiger partial charge in [0.1, 0.15) is 24.0 Å². The van der Waals surface area contributed by atoms with Gasteiger partial charge in [-0.2, -0.15) is 0 Å². The fraction of sp³-hybridized carbons (Fsp3) is 0.300. The zero-order chi connectivity index (χ0) is 20.7. The van der Waals surface area contributed by atoms with E-state index in [0.29, 0.717) is 24.5 Å². The van der Waals surface area contributed by atoms with E-state index in [9.17, 15) is 4.39 Å².